The standard InChI is InChI=1S/C18H22N2S/c1-13(2)19-18(21)20-17(15-7-5-4-6-8-15)16-11-9-14(3)10-12-16/h4-13,17H,1-3H3,(H2,19,20,21)/t17-/m1/s1. The Balaban J connectivity index is 2.27. The molecular formula is C18H22N2S. The molecule has 0 unspecified atom stereocenters. The van der Waals surface area contributed by atoms with Crippen molar-refractivity contribution in [2.45, 2.75) is 32.9 Å². The number of benzene rings is 2. The summed E-state index contributed by atoms with van der Waals surface area (Å²) in [5.74, 6) is 0. The highest BCUT2D eigenvalue weighted by Gasteiger charge is 2.15. The van der Waals surface area contributed by atoms with E-state index in [1.807, 2.05) is 6.07 Å². The van der Waals surface area contributed by atoms with E-state index in [0.717, 1.165) is 0 Å². The molecule has 0 fully saturated rings. The minimum atomic E-state index is 0.0607. The van der Waals surface area contributed by atoms with Crippen molar-refractivity contribution in [2.24, 2.45) is 0 Å². The van der Waals surface area contributed by atoms with E-state index in [0.29, 0.717) is 11.2 Å². The molecule has 0 aliphatic heterocycles. The largest absolute Gasteiger partial charge is 0.361 e. The molecule has 0 radical (unpaired) electrons. The number of rotatable bonds is 4. The summed E-state index contributed by atoms with van der Waals surface area (Å²) in [6.07, 6.45) is 0. The normalized spacial score (nSPS) is 12.0. The van der Waals surface area contributed by atoms with E-state index in [4.69, 9.17) is 12.2 Å². The predicted octanol–water partition coefficient (Wildman–Crippen LogP) is 3.96. The molecule has 0 aliphatic rings. The van der Waals surface area contributed by atoms with Crippen LogP contribution in [-0.4, -0.2) is 11.2 Å². The molecule has 3 heteroatoms. The van der Waals surface area contributed by atoms with Gasteiger partial charge in [-0.05, 0) is 44.1 Å². The molecule has 0 saturated carbocycles. The summed E-state index contributed by atoms with van der Waals surface area (Å²) in [6, 6.07) is 19.3. The highest BCUT2D eigenvalue weighted by atomic mass is 32.1. The highest BCUT2D eigenvalue weighted by Crippen LogP contribution is 2.22. The van der Waals surface area contributed by atoms with E-state index in [-0.39, 0.29) is 6.04 Å². The first-order chi connectivity index (χ1) is 10.1. The second kappa shape index (κ2) is 7.23. The lowest BCUT2D eigenvalue weighted by Gasteiger charge is -2.23. The predicted molar refractivity (Wildman–Crippen MR) is 93.5 cm³/mol. The van der Waals surface area contributed by atoms with Crippen molar-refractivity contribution in [1.29, 1.82) is 0 Å². The van der Waals surface area contributed by atoms with Gasteiger partial charge in [0.05, 0.1) is 6.04 Å². The summed E-state index contributed by atoms with van der Waals surface area (Å²) >= 11 is 5.41. The molecule has 2 rings (SSSR count). The van der Waals surface area contributed by atoms with E-state index < -0.39 is 0 Å². The van der Waals surface area contributed by atoms with Gasteiger partial charge in [-0.25, -0.2) is 0 Å². The fourth-order valence-corrected chi connectivity index (χ4v) is 2.55. The van der Waals surface area contributed by atoms with Crippen molar-refractivity contribution in [1.82, 2.24) is 10.6 Å². The Hall–Kier alpha value is -1.87. The maximum absolute atomic E-state index is 5.41. The molecule has 2 aromatic carbocycles. The fourth-order valence-electron chi connectivity index (χ4n) is 2.20. The van der Waals surface area contributed by atoms with Crippen LogP contribution in [0.3, 0.4) is 0 Å². The van der Waals surface area contributed by atoms with Crippen molar-refractivity contribution in [2.75, 3.05) is 0 Å². The zero-order valence-electron chi connectivity index (χ0n) is 12.8. The maximum atomic E-state index is 5.41. The smallest absolute Gasteiger partial charge is 0.167 e. The number of nitrogens with one attached hydrogen (secondary N) is 2. The van der Waals surface area contributed by atoms with Crippen LogP contribution in [0.1, 0.15) is 36.6 Å². The van der Waals surface area contributed by atoms with Crippen LogP contribution in [0.15, 0.2) is 54.6 Å². The van der Waals surface area contributed by atoms with Gasteiger partial charge in [-0.2, -0.15) is 0 Å². The topological polar surface area (TPSA) is 24.1 Å². The molecule has 0 heterocycles. The Kier molecular flexibility index (Phi) is 5.34. The van der Waals surface area contributed by atoms with E-state index in [9.17, 15) is 0 Å². The summed E-state index contributed by atoms with van der Waals surface area (Å²) in [6.45, 7) is 6.26. The van der Waals surface area contributed by atoms with Crippen LogP contribution in [0.2, 0.25) is 0 Å². The lowest BCUT2D eigenvalue weighted by molar-refractivity contribution is 0.683. The molecule has 2 aromatic rings. The average molecular weight is 298 g/mol. The van der Waals surface area contributed by atoms with E-state index in [1.54, 1.807) is 0 Å². The van der Waals surface area contributed by atoms with Gasteiger partial charge in [0.1, 0.15) is 0 Å². The molecular weight excluding hydrogens is 276 g/mol. The van der Waals surface area contributed by atoms with Crippen LogP contribution < -0.4 is 10.6 Å². The van der Waals surface area contributed by atoms with Crippen LogP contribution in [0.25, 0.3) is 0 Å². The monoisotopic (exact) mass is 298 g/mol. The second-order valence-electron chi connectivity index (χ2n) is 5.53. The summed E-state index contributed by atoms with van der Waals surface area (Å²) in [7, 11) is 0. The van der Waals surface area contributed by atoms with Crippen molar-refractivity contribution in [3.63, 3.8) is 0 Å². The lowest BCUT2D eigenvalue weighted by atomic mass is 9.98. The Morgan fingerprint density at radius 3 is 2.00 bits per heavy atom. The van der Waals surface area contributed by atoms with Crippen molar-refractivity contribution in [3.8, 4) is 0 Å². The molecule has 0 spiro atoms. The van der Waals surface area contributed by atoms with Crippen molar-refractivity contribution in [3.05, 3.63) is 71.3 Å². The minimum Gasteiger partial charge on any atom is -0.361 e. The number of hydrogen-bond acceptors (Lipinski definition) is 1. The Morgan fingerprint density at radius 2 is 1.43 bits per heavy atom. The number of aryl methyl sites for hydroxylation is 1. The molecule has 110 valence electrons. The zero-order valence-corrected chi connectivity index (χ0v) is 13.6. The molecule has 0 amide bonds. The number of hydrogen-bond donors (Lipinski definition) is 2. The maximum Gasteiger partial charge on any atom is 0.167 e. The molecule has 21 heavy (non-hydrogen) atoms. The number of thiocarbonyl (C=S) groups is 1. The summed E-state index contributed by atoms with van der Waals surface area (Å²) in [5, 5.41) is 7.35. The molecule has 0 bridgehead atoms. The summed E-state index contributed by atoms with van der Waals surface area (Å²) < 4.78 is 0. The Labute approximate surface area is 132 Å². The third kappa shape index (κ3) is 4.57. The van der Waals surface area contributed by atoms with Gasteiger partial charge in [-0.15, -0.1) is 0 Å². The molecule has 0 aromatic heterocycles. The highest BCUT2D eigenvalue weighted by molar-refractivity contribution is 7.80. The lowest BCUT2D eigenvalue weighted by Crippen LogP contribution is -2.41. The molecule has 2 N–H and O–H groups in total. The quantitative estimate of drug-likeness (QED) is 0.836. The summed E-state index contributed by atoms with van der Waals surface area (Å²) in [4.78, 5) is 0. The van der Waals surface area contributed by atoms with Gasteiger partial charge in [0.2, 0.25) is 0 Å². The van der Waals surface area contributed by atoms with Crippen molar-refractivity contribution < 1.29 is 0 Å². The van der Waals surface area contributed by atoms with E-state index in [1.165, 1.54) is 16.7 Å². The molecule has 0 saturated heterocycles. The second-order valence-corrected chi connectivity index (χ2v) is 5.94. The van der Waals surface area contributed by atoms with Gasteiger partial charge >= 0.3 is 0 Å². The molecule has 1 atom stereocenters. The van der Waals surface area contributed by atoms with Gasteiger partial charge in [0.15, 0.2) is 5.11 Å². The zero-order chi connectivity index (χ0) is 15.2. The molecule has 0 aliphatic carbocycles. The van der Waals surface area contributed by atoms with Crippen LogP contribution >= 0.6 is 12.2 Å². The van der Waals surface area contributed by atoms with Gasteiger partial charge in [-0.3, -0.25) is 0 Å². The SMILES string of the molecule is Cc1ccc([C@H](NC(=S)NC(C)C)c2ccccc2)cc1. The Morgan fingerprint density at radius 1 is 0.857 bits per heavy atom. The van der Waals surface area contributed by atoms with Gasteiger partial charge < -0.3 is 10.6 Å². The van der Waals surface area contributed by atoms with Gasteiger partial charge in [-0.1, -0.05) is 60.2 Å². The molecule has 2 nitrogen and oxygen atoms in total. The third-order valence-electron chi connectivity index (χ3n) is 3.24. The first kappa shape index (κ1) is 15.5. The van der Waals surface area contributed by atoms with Crippen LogP contribution in [0, 0.1) is 6.92 Å². The summed E-state index contributed by atoms with van der Waals surface area (Å²) in [5.41, 5.74) is 3.67. The van der Waals surface area contributed by atoms with Crippen LogP contribution in [0.4, 0.5) is 0 Å². The first-order valence-corrected chi connectivity index (χ1v) is 7.65. The van der Waals surface area contributed by atoms with Crippen LogP contribution in [-0.2, 0) is 0 Å². The minimum absolute atomic E-state index is 0.0607. The van der Waals surface area contributed by atoms with Crippen LogP contribution in [0.5, 0.6) is 0 Å². The van der Waals surface area contributed by atoms with Gasteiger partial charge in [0.25, 0.3) is 0 Å². The van der Waals surface area contributed by atoms with Gasteiger partial charge in [0, 0.05) is 6.04 Å². The third-order valence-corrected chi connectivity index (χ3v) is 3.47. The van der Waals surface area contributed by atoms with Crippen molar-refractivity contribution >= 4 is 17.3 Å². The first-order valence-electron chi connectivity index (χ1n) is 7.25. The fraction of sp³-hybridized carbons (Fsp3) is 0.278. The Bertz CT molecular complexity index is 576. The van der Waals surface area contributed by atoms with E-state index >= 15 is 0 Å². The van der Waals surface area contributed by atoms with E-state index in [2.05, 4.69) is 79.9 Å². The average Bonchev–Trinajstić information content (AvgIpc) is 2.46.